The molecular formula is C18H30N4O2. The first kappa shape index (κ1) is 17.4. The van der Waals surface area contributed by atoms with Crippen LogP contribution in [0.3, 0.4) is 0 Å². The van der Waals surface area contributed by atoms with E-state index in [4.69, 9.17) is 4.74 Å². The van der Waals surface area contributed by atoms with Crippen molar-refractivity contribution in [3.8, 4) is 0 Å². The van der Waals surface area contributed by atoms with Crippen LogP contribution in [0.5, 0.6) is 0 Å². The van der Waals surface area contributed by atoms with Crippen molar-refractivity contribution < 1.29 is 9.53 Å². The van der Waals surface area contributed by atoms with Crippen molar-refractivity contribution in [2.45, 2.75) is 45.7 Å². The maximum atomic E-state index is 12.7. The van der Waals surface area contributed by atoms with Crippen LogP contribution in [-0.2, 0) is 16.0 Å². The first-order valence-electron chi connectivity index (χ1n) is 9.22. The van der Waals surface area contributed by atoms with E-state index in [0.29, 0.717) is 24.4 Å². The van der Waals surface area contributed by atoms with Crippen LogP contribution in [0.1, 0.15) is 38.9 Å². The van der Waals surface area contributed by atoms with Crippen LogP contribution >= 0.6 is 0 Å². The second-order valence-electron chi connectivity index (χ2n) is 7.24. The number of ether oxygens (including phenoxy) is 1. The lowest BCUT2D eigenvalue weighted by Crippen LogP contribution is -2.47. The van der Waals surface area contributed by atoms with Gasteiger partial charge in [-0.15, -0.1) is 0 Å². The molecule has 2 fully saturated rings. The molecule has 1 amide bonds. The van der Waals surface area contributed by atoms with Crippen LogP contribution in [0.25, 0.3) is 0 Å². The predicted octanol–water partition coefficient (Wildman–Crippen LogP) is 1.58. The Morgan fingerprint density at radius 2 is 2.08 bits per heavy atom. The molecule has 0 saturated carbocycles. The van der Waals surface area contributed by atoms with E-state index in [0.717, 1.165) is 51.5 Å². The first-order valence-corrected chi connectivity index (χ1v) is 9.22. The number of carbonyl (C=O) groups excluding carboxylic acids is 1. The second kappa shape index (κ2) is 7.66. The van der Waals surface area contributed by atoms with E-state index >= 15 is 0 Å². The highest BCUT2D eigenvalue weighted by atomic mass is 16.5. The standard InChI is InChI=1S/C18H30N4O2/c1-4-15-12-21(13-17(15)20-7-9-24-10-8-20)18(23)11-16-5-6-22(19-16)14(2)3/h5-6,14-15,17H,4,7-13H2,1-3H3/t15-,17-/m0/s1. The van der Waals surface area contributed by atoms with Gasteiger partial charge in [0.25, 0.3) is 0 Å². The molecule has 3 rings (SSSR count). The summed E-state index contributed by atoms with van der Waals surface area (Å²) in [5.74, 6) is 0.776. The van der Waals surface area contributed by atoms with E-state index < -0.39 is 0 Å². The summed E-state index contributed by atoms with van der Waals surface area (Å²) >= 11 is 0. The highest BCUT2D eigenvalue weighted by molar-refractivity contribution is 5.78. The lowest BCUT2D eigenvalue weighted by molar-refractivity contribution is -0.129. The van der Waals surface area contributed by atoms with E-state index in [-0.39, 0.29) is 5.91 Å². The Labute approximate surface area is 144 Å². The number of morpholine rings is 1. The summed E-state index contributed by atoms with van der Waals surface area (Å²) in [7, 11) is 0. The molecule has 134 valence electrons. The molecule has 0 N–H and O–H groups in total. The van der Waals surface area contributed by atoms with Gasteiger partial charge in [-0.3, -0.25) is 14.4 Å². The van der Waals surface area contributed by atoms with Crippen LogP contribution in [0.15, 0.2) is 12.3 Å². The molecule has 3 heterocycles. The fourth-order valence-corrected chi connectivity index (χ4v) is 3.81. The largest absolute Gasteiger partial charge is 0.379 e. The monoisotopic (exact) mass is 334 g/mol. The second-order valence-corrected chi connectivity index (χ2v) is 7.24. The van der Waals surface area contributed by atoms with Gasteiger partial charge in [0.05, 0.1) is 25.3 Å². The van der Waals surface area contributed by atoms with Crippen LogP contribution in [0.4, 0.5) is 0 Å². The topological polar surface area (TPSA) is 50.6 Å². The molecule has 2 atom stereocenters. The summed E-state index contributed by atoms with van der Waals surface area (Å²) < 4.78 is 7.38. The average molecular weight is 334 g/mol. The summed E-state index contributed by atoms with van der Waals surface area (Å²) in [6.45, 7) is 11.8. The van der Waals surface area contributed by atoms with Crippen molar-refractivity contribution >= 4 is 5.91 Å². The maximum absolute atomic E-state index is 12.7. The van der Waals surface area contributed by atoms with Crippen molar-refractivity contribution in [1.82, 2.24) is 19.6 Å². The average Bonchev–Trinajstić information content (AvgIpc) is 3.22. The van der Waals surface area contributed by atoms with Gasteiger partial charge in [-0.25, -0.2) is 0 Å². The van der Waals surface area contributed by atoms with Crippen LogP contribution in [0, 0.1) is 5.92 Å². The number of hydrogen-bond acceptors (Lipinski definition) is 4. The Morgan fingerprint density at radius 3 is 2.71 bits per heavy atom. The molecule has 24 heavy (non-hydrogen) atoms. The third-order valence-corrected chi connectivity index (χ3v) is 5.32. The molecule has 1 aromatic heterocycles. The Kier molecular flexibility index (Phi) is 5.56. The molecule has 0 radical (unpaired) electrons. The molecule has 6 heteroatoms. The molecule has 1 aromatic rings. The van der Waals surface area contributed by atoms with Gasteiger partial charge in [-0.05, 0) is 25.8 Å². The molecule has 0 bridgehead atoms. The Hall–Kier alpha value is -1.40. The lowest BCUT2D eigenvalue weighted by Gasteiger charge is -2.34. The van der Waals surface area contributed by atoms with Crippen molar-refractivity contribution in [3.05, 3.63) is 18.0 Å². The zero-order valence-corrected chi connectivity index (χ0v) is 15.1. The van der Waals surface area contributed by atoms with Gasteiger partial charge < -0.3 is 9.64 Å². The fraction of sp³-hybridized carbons (Fsp3) is 0.778. The molecule has 2 aliphatic rings. The Morgan fingerprint density at radius 1 is 1.33 bits per heavy atom. The molecule has 0 aromatic carbocycles. The molecule has 0 aliphatic carbocycles. The number of aromatic nitrogens is 2. The third kappa shape index (κ3) is 3.81. The van der Waals surface area contributed by atoms with Crippen molar-refractivity contribution in [1.29, 1.82) is 0 Å². The maximum Gasteiger partial charge on any atom is 0.228 e. The van der Waals surface area contributed by atoms with Gasteiger partial charge in [0, 0.05) is 44.5 Å². The minimum atomic E-state index is 0.207. The Bertz CT molecular complexity index is 551. The van der Waals surface area contributed by atoms with Crippen LogP contribution < -0.4 is 0 Å². The summed E-state index contributed by atoms with van der Waals surface area (Å²) in [5, 5.41) is 4.51. The summed E-state index contributed by atoms with van der Waals surface area (Å²) in [6, 6.07) is 2.77. The minimum Gasteiger partial charge on any atom is -0.379 e. The predicted molar refractivity (Wildman–Crippen MR) is 92.9 cm³/mol. The van der Waals surface area contributed by atoms with E-state index in [1.807, 2.05) is 21.8 Å². The number of rotatable bonds is 5. The zero-order valence-electron chi connectivity index (χ0n) is 15.1. The number of carbonyl (C=O) groups is 1. The van der Waals surface area contributed by atoms with Crippen molar-refractivity contribution in [3.63, 3.8) is 0 Å². The smallest absolute Gasteiger partial charge is 0.228 e. The molecular weight excluding hydrogens is 304 g/mol. The van der Waals surface area contributed by atoms with Gasteiger partial charge in [-0.1, -0.05) is 13.3 Å². The minimum absolute atomic E-state index is 0.207. The van der Waals surface area contributed by atoms with Gasteiger partial charge in [0.1, 0.15) is 0 Å². The van der Waals surface area contributed by atoms with Crippen LogP contribution in [0.2, 0.25) is 0 Å². The number of likely N-dealkylation sites (tertiary alicyclic amines) is 1. The highest BCUT2D eigenvalue weighted by Gasteiger charge is 2.38. The summed E-state index contributed by atoms with van der Waals surface area (Å²) in [5.41, 5.74) is 0.872. The fourth-order valence-electron chi connectivity index (χ4n) is 3.81. The molecule has 2 aliphatic heterocycles. The molecule has 2 saturated heterocycles. The number of nitrogens with zero attached hydrogens (tertiary/aromatic N) is 4. The Balaban J connectivity index is 1.60. The van der Waals surface area contributed by atoms with Crippen LogP contribution in [-0.4, -0.2) is 70.9 Å². The third-order valence-electron chi connectivity index (χ3n) is 5.32. The van der Waals surface area contributed by atoms with E-state index in [1.54, 1.807) is 0 Å². The zero-order chi connectivity index (χ0) is 17.1. The quantitative estimate of drug-likeness (QED) is 0.820. The van der Waals surface area contributed by atoms with Crippen molar-refractivity contribution in [2.24, 2.45) is 5.92 Å². The van der Waals surface area contributed by atoms with Gasteiger partial charge in [0.2, 0.25) is 5.91 Å². The molecule has 6 nitrogen and oxygen atoms in total. The summed E-state index contributed by atoms with van der Waals surface area (Å²) in [6.07, 6.45) is 3.49. The lowest BCUT2D eigenvalue weighted by atomic mass is 9.99. The van der Waals surface area contributed by atoms with E-state index in [2.05, 4.69) is 30.8 Å². The van der Waals surface area contributed by atoms with E-state index in [1.165, 1.54) is 0 Å². The SMILES string of the molecule is CC[C@H]1CN(C(=O)Cc2ccn(C(C)C)n2)C[C@@H]1N1CCOCC1. The first-order chi connectivity index (χ1) is 11.6. The molecule has 0 spiro atoms. The van der Waals surface area contributed by atoms with E-state index in [9.17, 15) is 4.79 Å². The van der Waals surface area contributed by atoms with Gasteiger partial charge in [0.15, 0.2) is 0 Å². The van der Waals surface area contributed by atoms with Crippen molar-refractivity contribution in [2.75, 3.05) is 39.4 Å². The molecule has 0 unspecified atom stereocenters. The normalized spacial score (nSPS) is 25.6. The summed E-state index contributed by atoms with van der Waals surface area (Å²) in [4.78, 5) is 17.3. The van der Waals surface area contributed by atoms with Gasteiger partial charge in [-0.2, -0.15) is 5.10 Å². The number of hydrogen-bond donors (Lipinski definition) is 0. The number of amides is 1. The van der Waals surface area contributed by atoms with Gasteiger partial charge >= 0.3 is 0 Å². The highest BCUT2D eigenvalue weighted by Crippen LogP contribution is 2.26.